The van der Waals surface area contributed by atoms with Gasteiger partial charge in [0.2, 0.25) is 0 Å². The fraction of sp³-hybridized carbons (Fsp3) is 0.909. The first kappa shape index (κ1) is 12.8. The van der Waals surface area contributed by atoms with E-state index in [1.54, 1.807) is 11.8 Å². The molecule has 0 saturated heterocycles. The molecule has 4 heteroatoms. The number of hydrogen-bond acceptors (Lipinski definition) is 3. The third-order valence-corrected chi connectivity index (χ3v) is 4.53. The first-order chi connectivity index (χ1) is 7.13. The van der Waals surface area contributed by atoms with Gasteiger partial charge in [-0.15, -0.1) is 11.8 Å². The van der Waals surface area contributed by atoms with E-state index in [0.29, 0.717) is 18.2 Å². The van der Waals surface area contributed by atoms with Crippen molar-refractivity contribution >= 4 is 17.7 Å². The molecule has 0 aromatic rings. The maximum atomic E-state index is 11.0. The summed E-state index contributed by atoms with van der Waals surface area (Å²) in [7, 11) is 0. The van der Waals surface area contributed by atoms with E-state index >= 15 is 0 Å². The maximum absolute atomic E-state index is 11.0. The van der Waals surface area contributed by atoms with Gasteiger partial charge in [-0.3, -0.25) is 4.79 Å². The van der Waals surface area contributed by atoms with Crippen LogP contribution in [0.3, 0.4) is 0 Å². The number of carboxylic acids is 1. The molecule has 3 N–H and O–H groups in total. The van der Waals surface area contributed by atoms with E-state index in [-0.39, 0.29) is 5.25 Å². The van der Waals surface area contributed by atoms with Crippen LogP contribution in [-0.4, -0.2) is 28.1 Å². The van der Waals surface area contributed by atoms with Gasteiger partial charge in [0.1, 0.15) is 5.25 Å². The lowest BCUT2D eigenvalue weighted by molar-refractivity contribution is -0.136. The van der Waals surface area contributed by atoms with Crippen LogP contribution in [-0.2, 0) is 4.79 Å². The molecule has 3 nitrogen and oxygen atoms in total. The minimum atomic E-state index is -0.705. The molecule has 0 amide bonds. The van der Waals surface area contributed by atoms with E-state index < -0.39 is 5.97 Å². The van der Waals surface area contributed by atoms with Crippen molar-refractivity contribution in [1.29, 1.82) is 0 Å². The molecule has 1 rings (SSSR count). The summed E-state index contributed by atoms with van der Waals surface area (Å²) >= 11 is 1.62. The summed E-state index contributed by atoms with van der Waals surface area (Å²) < 4.78 is 0. The van der Waals surface area contributed by atoms with E-state index in [4.69, 9.17) is 10.8 Å². The minimum absolute atomic E-state index is 0.301. The summed E-state index contributed by atoms with van der Waals surface area (Å²) in [5, 5.41) is 9.25. The average molecular weight is 231 g/mol. The maximum Gasteiger partial charge on any atom is 0.316 e. The SMILES string of the molecule is CC1CCCC(SC(CCN)C(=O)O)C1. The summed E-state index contributed by atoms with van der Waals surface area (Å²) in [5.41, 5.74) is 5.42. The summed E-state index contributed by atoms with van der Waals surface area (Å²) in [5.74, 6) is 0.0484. The van der Waals surface area contributed by atoms with E-state index in [1.165, 1.54) is 25.7 Å². The van der Waals surface area contributed by atoms with Gasteiger partial charge in [-0.2, -0.15) is 0 Å². The van der Waals surface area contributed by atoms with E-state index in [1.807, 2.05) is 0 Å². The molecule has 15 heavy (non-hydrogen) atoms. The zero-order valence-corrected chi connectivity index (χ0v) is 10.1. The van der Waals surface area contributed by atoms with Crippen molar-refractivity contribution in [2.45, 2.75) is 49.5 Å². The van der Waals surface area contributed by atoms with Crippen LogP contribution in [0, 0.1) is 5.92 Å². The molecule has 3 atom stereocenters. The van der Waals surface area contributed by atoms with Crippen LogP contribution >= 0.6 is 11.8 Å². The van der Waals surface area contributed by atoms with Gasteiger partial charge in [0, 0.05) is 5.25 Å². The molecule has 1 aliphatic carbocycles. The van der Waals surface area contributed by atoms with Gasteiger partial charge in [-0.05, 0) is 31.7 Å². The number of carboxylic acid groups (broad SMARTS) is 1. The predicted octanol–water partition coefficient (Wildman–Crippen LogP) is 2.10. The Hall–Kier alpha value is -0.220. The molecule has 88 valence electrons. The molecule has 1 saturated carbocycles. The van der Waals surface area contributed by atoms with Gasteiger partial charge in [0.05, 0.1) is 0 Å². The molecule has 0 bridgehead atoms. The van der Waals surface area contributed by atoms with Crippen molar-refractivity contribution in [1.82, 2.24) is 0 Å². The summed E-state index contributed by atoms with van der Waals surface area (Å²) in [4.78, 5) is 11.0. The Labute approximate surface area is 95.8 Å². The fourth-order valence-electron chi connectivity index (χ4n) is 2.14. The second kappa shape index (κ2) is 6.38. The molecule has 0 radical (unpaired) electrons. The van der Waals surface area contributed by atoms with E-state index in [9.17, 15) is 4.79 Å². The van der Waals surface area contributed by atoms with Crippen molar-refractivity contribution < 1.29 is 9.90 Å². The van der Waals surface area contributed by atoms with Gasteiger partial charge < -0.3 is 10.8 Å². The van der Waals surface area contributed by atoms with Crippen molar-refractivity contribution in [3.05, 3.63) is 0 Å². The Kier molecular flexibility index (Phi) is 5.47. The molecular weight excluding hydrogens is 210 g/mol. The summed E-state index contributed by atoms with van der Waals surface area (Å²) in [6.07, 6.45) is 5.47. The lowest BCUT2D eigenvalue weighted by atomic mass is 9.91. The molecule has 0 aromatic carbocycles. The third-order valence-electron chi connectivity index (χ3n) is 2.95. The van der Waals surface area contributed by atoms with Crippen LogP contribution in [0.25, 0.3) is 0 Å². The largest absolute Gasteiger partial charge is 0.480 e. The monoisotopic (exact) mass is 231 g/mol. The normalized spacial score (nSPS) is 28.7. The standard InChI is InChI=1S/C11H21NO2S/c1-8-3-2-4-9(7-8)15-10(5-6-12)11(13)14/h8-10H,2-7,12H2,1H3,(H,13,14). The van der Waals surface area contributed by atoms with Gasteiger partial charge >= 0.3 is 5.97 Å². The number of hydrogen-bond donors (Lipinski definition) is 2. The predicted molar refractivity (Wildman–Crippen MR) is 64.1 cm³/mol. The smallest absolute Gasteiger partial charge is 0.316 e. The molecule has 0 spiro atoms. The molecular formula is C11H21NO2S. The molecule has 0 heterocycles. The van der Waals surface area contributed by atoms with E-state index in [0.717, 1.165) is 5.92 Å². The van der Waals surface area contributed by atoms with Crippen molar-refractivity contribution in [3.63, 3.8) is 0 Å². The van der Waals surface area contributed by atoms with Crippen LogP contribution in [0.15, 0.2) is 0 Å². The zero-order valence-electron chi connectivity index (χ0n) is 9.32. The third kappa shape index (κ3) is 4.43. The Balaban J connectivity index is 2.39. The Bertz CT molecular complexity index is 211. The van der Waals surface area contributed by atoms with Crippen LogP contribution in [0.4, 0.5) is 0 Å². The zero-order chi connectivity index (χ0) is 11.3. The average Bonchev–Trinajstić information content (AvgIpc) is 2.17. The molecule has 0 aromatic heterocycles. The van der Waals surface area contributed by atoms with Gasteiger partial charge in [-0.25, -0.2) is 0 Å². The lowest BCUT2D eigenvalue weighted by Crippen LogP contribution is -2.25. The number of thioether (sulfide) groups is 1. The Morgan fingerprint density at radius 2 is 2.33 bits per heavy atom. The van der Waals surface area contributed by atoms with Gasteiger partial charge in [0.15, 0.2) is 0 Å². The molecule has 0 aliphatic heterocycles. The number of aliphatic carboxylic acids is 1. The Morgan fingerprint density at radius 1 is 1.60 bits per heavy atom. The molecule has 3 unspecified atom stereocenters. The van der Waals surface area contributed by atoms with Gasteiger partial charge in [0.25, 0.3) is 0 Å². The molecule has 1 aliphatic rings. The summed E-state index contributed by atoms with van der Waals surface area (Å²) in [6, 6.07) is 0. The lowest BCUT2D eigenvalue weighted by Gasteiger charge is -2.28. The number of rotatable bonds is 5. The molecule has 1 fully saturated rings. The highest BCUT2D eigenvalue weighted by atomic mass is 32.2. The number of nitrogens with two attached hydrogens (primary N) is 1. The summed E-state index contributed by atoms with van der Waals surface area (Å²) in [6.45, 7) is 2.72. The first-order valence-corrected chi connectivity index (χ1v) is 6.66. The Morgan fingerprint density at radius 3 is 2.87 bits per heavy atom. The number of carbonyl (C=O) groups is 1. The van der Waals surface area contributed by atoms with Crippen molar-refractivity contribution in [3.8, 4) is 0 Å². The van der Waals surface area contributed by atoms with Crippen LogP contribution < -0.4 is 5.73 Å². The topological polar surface area (TPSA) is 63.3 Å². The second-order valence-electron chi connectivity index (χ2n) is 4.43. The van der Waals surface area contributed by atoms with Crippen molar-refractivity contribution in [2.75, 3.05) is 6.54 Å². The van der Waals surface area contributed by atoms with Crippen molar-refractivity contribution in [2.24, 2.45) is 11.7 Å². The highest BCUT2D eigenvalue weighted by molar-refractivity contribution is 8.01. The van der Waals surface area contributed by atoms with Crippen LogP contribution in [0.1, 0.15) is 39.0 Å². The second-order valence-corrected chi connectivity index (χ2v) is 5.94. The van der Waals surface area contributed by atoms with Crippen LogP contribution in [0.2, 0.25) is 0 Å². The van der Waals surface area contributed by atoms with Crippen LogP contribution in [0.5, 0.6) is 0 Å². The highest BCUT2D eigenvalue weighted by Crippen LogP contribution is 2.34. The quantitative estimate of drug-likeness (QED) is 0.760. The first-order valence-electron chi connectivity index (χ1n) is 5.71. The van der Waals surface area contributed by atoms with Gasteiger partial charge in [-0.1, -0.05) is 19.8 Å². The minimum Gasteiger partial charge on any atom is -0.480 e. The van der Waals surface area contributed by atoms with E-state index in [2.05, 4.69) is 6.92 Å². The highest BCUT2D eigenvalue weighted by Gasteiger charge is 2.25. The fourth-order valence-corrected chi connectivity index (χ4v) is 3.73.